The summed E-state index contributed by atoms with van der Waals surface area (Å²) in [6.07, 6.45) is 2.76. The minimum atomic E-state index is -1.80. The number of unbranched alkanes of at least 4 members (excludes halogenated alkanes) is 1. The second-order valence-corrected chi connectivity index (χ2v) is 11.0. The maximum Gasteiger partial charge on any atom is 0.315 e. The normalized spacial score (nSPS) is 19.2. The van der Waals surface area contributed by atoms with Crippen molar-refractivity contribution in [3.05, 3.63) is 29.3 Å². The number of thioether (sulfide) groups is 1. The first kappa shape index (κ1) is 34.8. The summed E-state index contributed by atoms with van der Waals surface area (Å²) in [4.78, 5) is 35.0. The Bertz CT molecular complexity index is 1050. The van der Waals surface area contributed by atoms with Gasteiger partial charge in [0.15, 0.2) is 11.6 Å². The third-order valence-electron chi connectivity index (χ3n) is 6.50. The molecule has 11 nitrogen and oxygen atoms in total. The second kappa shape index (κ2) is 18.9. The molecule has 2 aliphatic heterocycles. The van der Waals surface area contributed by atoms with Gasteiger partial charge in [-0.15, -0.1) is 0 Å². The molecule has 3 amide bonds. The summed E-state index contributed by atoms with van der Waals surface area (Å²) in [5.41, 5.74) is 0. The standard InChI is InChI=1S/C27H37F4N3O8S/c28-17-15-18(29)24(31)26(23(17)30)42-22(36)5-7-38-9-11-40-13-14-41-12-10-39-8-6-32-21(35)4-2-1-3-20-25-19(16-43-20)33-27(37)34-25/h15,19-20,25H,1-14,16H2,(H,32,35)(H2,33,34,37). The number of hydrogen-bond acceptors (Lipinski definition) is 9. The summed E-state index contributed by atoms with van der Waals surface area (Å²) in [7, 11) is 0. The topological polar surface area (TPSA) is 133 Å². The predicted octanol–water partition coefficient (Wildman–Crippen LogP) is 2.45. The lowest BCUT2D eigenvalue weighted by Crippen LogP contribution is -2.36. The fourth-order valence-electron chi connectivity index (χ4n) is 4.35. The van der Waals surface area contributed by atoms with E-state index in [1.54, 1.807) is 0 Å². The van der Waals surface area contributed by atoms with Crippen molar-refractivity contribution in [2.45, 2.75) is 49.4 Å². The van der Waals surface area contributed by atoms with Crippen molar-refractivity contribution in [3.63, 3.8) is 0 Å². The van der Waals surface area contributed by atoms with E-state index in [0.717, 1.165) is 25.0 Å². The molecule has 0 saturated carbocycles. The van der Waals surface area contributed by atoms with Gasteiger partial charge in [-0.1, -0.05) is 6.42 Å². The molecule has 2 fully saturated rings. The molecular weight excluding hydrogens is 602 g/mol. The highest BCUT2D eigenvalue weighted by Crippen LogP contribution is 2.33. The molecule has 2 saturated heterocycles. The van der Waals surface area contributed by atoms with Crippen LogP contribution in [0.5, 0.6) is 5.75 Å². The van der Waals surface area contributed by atoms with Gasteiger partial charge >= 0.3 is 12.0 Å². The van der Waals surface area contributed by atoms with Crippen LogP contribution in [0.1, 0.15) is 32.1 Å². The molecule has 3 rings (SSSR count). The van der Waals surface area contributed by atoms with Gasteiger partial charge in [-0.05, 0) is 12.8 Å². The molecule has 0 radical (unpaired) electrons. The van der Waals surface area contributed by atoms with Gasteiger partial charge in [0.05, 0.1) is 71.4 Å². The molecule has 16 heteroatoms. The smallest absolute Gasteiger partial charge is 0.315 e. The van der Waals surface area contributed by atoms with Gasteiger partial charge in [-0.25, -0.2) is 13.6 Å². The molecule has 0 aliphatic carbocycles. The van der Waals surface area contributed by atoms with Crippen LogP contribution in [0.3, 0.4) is 0 Å². The van der Waals surface area contributed by atoms with Crippen LogP contribution in [0, 0.1) is 23.3 Å². The number of nitrogens with one attached hydrogen (secondary N) is 3. The number of carbonyl (C=O) groups excluding carboxylic acids is 3. The Morgan fingerprint density at radius 2 is 1.44 bits per heavy atom. The highest BCUT2D eigenvalue weighted by atomic mass is 32.2. The summed E-state index contributed by atoms with van der Waals surface area (Å²) in [5.74, 6) is -8.58. The van der Waals surface area contributed by atoms with Crippen molar-refractivity contribution < 1.29 is 55.6 Å². The lowest BCUT2D eigenvalue weighted by molar-refractivity contribution is -0.136. The number of amides is 3. The fourth-order valence-corrected chi connectivity index (χ4v) is 5.89. The van der Waals surface area contributed by atoms with Gasteiger partial charge in [0.25, 0.3) is 0 Å². The molecule has 0 spiro atoms. The SMILES string of the molecule is O=C(CCCCC1SCC2NC(=O)NC21)NCCOCCOCCOCCOCCC(=O)Oc1c(F)c(F)cc(F)c1F. The van der Waals surface area contributed by atoms with Gasteiger partial charge in [0, 0.05) is 30.0 Å². The zero-order valence-corrected chi connectivity index (χ0v) is 24.4. The minimum Gasteiger partial charge on any atom is -0.420 e. The zero-order chi connectivity index (χ0) is 31.0. The highest BCUT2D eigenvalue weighted by molar-refractivity contribution is 8.00. The van der Waals surface area contributed by atoms with Gasteiger partial charge in [-0.2, -0.15) is 20.5 Å². The molecule has 242 valence electrons. The highest BCUT2D eigenvalue weighted by Gasteiger charge is 2.42. The Kier molecular flexibility index (Phi) is 15.3. The van der Waals surface area contributed by atoms with Gasteiger partial charge in [0.1, 0.15) is 0 Å². The van der Waals surface area contributed by atoms with E-state index in [-0.39, 0.29) is 56.5 Å². The molecule has 0 bridgehead atoms. The molecule has 2 heterocycles. The van der Waals surface area contributed by atoms with E-state index in [0.29, 0.717) is 44.6 Å². The Morgan fingerprint density at radius 1 is 0.837 bits per heavy atom. The van der Waals surface area contributed by atoms with E-state index in [1.165, 1.54) is 0 Å². The molecule has 3 atom stereocenters. The van der Waals surface area contributed by atoms with E-state index in [9.17, 15) is 31.9 Å². The molecule has 3 N–H and O–H groups in total. The van der Waals surface area contributed by atoms with E-state index < -0.39 is 41.4 Å². The van der Waals surface area contributed by atoms with E-state index in [4.69, 9.17) is 18.9 Å². The monoisotopic (exact) mass is 639 g/mol. The number of carbonyl (C=O) groups is 3. The summed E-state index contributed by atoms with van der Waals surface area (Å²) < 4.78 is 78.9. The van der Waals surface area contributed by atoms with Crippen LogP contribution in [-0.4, -0.2) is 100 Å². The third-order valence-corrected chi connectivity index (χ3v) is 8.01. The number of fused-ring (bicyclic) bond motifs is 1. The third kappa shape index (κ3) is 12.1. The lowest BCUT2D eigenvalue weighted by atomic mass is 10.0. The molecule has 2 aliphatic rings. The number of rotatable bonds is 21. The number of halogens is 4. The largest absolute Gasteiger partial charge is 0.420 e. The molecule has 0 aromatic heterocycles. The Hall–Kier alpha value is -2.66. The van der Waals surface area contributed by atoms with Crippen LogP contribution in [0.2, 0.25) is 0 Å². The van der Waals surface area contributed by atoms with E-state index >= 15 is 0 Å². The van der Waals surface area contributed by atoms with Crippen LogP contribution in [-0.2, 0) is 28.5 Å². The van der Waals surface area contributed by atoms with Crippen molar-refractivity contribution in [2.24, 2.45) is 0 Å². The molecular formula is C27H37F4N3O8S. The van der Waals surface area contributed by atoms with Crippen molar-refractivity contribution in [1.82, 2.24) is 16.0 Å². The maximum atomic E-state index is 13.5. The molecule has 3 unspecified atom stereocenters. The summed E-state index contributed by atoms with van der Waals surface area (Å²) in [6, 6.07) is 0.331. The van der Waals surface area contributed by atoms with Gasteiger partial charge in [0.2, 0.25) is 23.3 Å². The lowest BCUT2D eigenvalue weighted by Gasteiger charge is -2.16. The Balaban J connectivity index is 1.04. The number of urea groups is 1. The fraction of sp³-hybridized carbons (Fsp3) is 0.667. The van der Waals surface area contributed by atoms with E-state index in [2.05, 4.69) is 20.7 Å². The average Bonchev–Trinajstić information content (AvgIpc) is 3.53. The maximum absolute atomic E-state index is 13.5. The number of ether oxygens (including phenoxy) is 5. The van der Waals surface area contributed by atoms with Crippen molar-refractivity contribution >= 4 is 29.7 Å². The van der Waals surface area contributed by atoms with Crippen molar-refractivity contribution in [1.29, 1.82) is 0 Å². The Morgan fingerprint density at radius 3 is 2.09 bits per heavy atom. The zero-order valence-electron chi connectivity index (χ0n) is 23.6. The summed E-state index contributed by atoms with van der Waals surface area (Å²) >= 11 is 1.87. The first-order chi connectivity index (χ1) is 20.8. The summed E-state index contributed by atoms with van der Waals surface area (Å²) in [5, 5.41) is 9.12. The molecule has 1 aromatic carbocycles. The Labute approximate surface area is 251 Å². The van der Waals surface area contributed by atoms with Crippen molar-refractivity contribution in [2.75, 3.05) is 65.2 Å². The summed E-state index contributed by atoms with van der Waals surface area (Å²) in [6.45, 7) is 2.26. The van der Waals surface area contributed by atoms with Gasteiger partial charge in [-0.3, -0.25) is 9.59 Å². The minimum absolute atomic E-state index is 0.0139. The van der Waals surface area contributed by atoms with Gasteiger partial charge < -0.3 is 39.6 Å². The predicted molar refractivity (Wildman–Crippen MR) is 147 cm³/mol. The van der Waals surface area contributed by atoms with Crippen molar-refractivity contribution in [3.8, 4) is 5.75 Å². The average molecular weight is 640 g/mol. The van der Waals surface area contributed by atoms with Crippen LogP contribution >= 0.6 is 11.8 Å². The number of hydrogen-bond donors (Lipinski definition) is 3. The quantitative estimate of drug-likeness (QED) is 0.0463. The number of esters is 1. The first-order valence-electron chi connectivity index (χ1n) is 14.1. The van der Waals surface area contributed by atoms with Crippen LogP contribution in [0.15, 0.2) is 6.07 Å². The van der Waals surface area contributed by atoms with Crippen LogP contribution < -0.4 is 20.7 Å². The first-order valence-corrected chi connectivity index (χ1v) is 15.1. The molecule has 1 aromatic rings. The second-order valence-electron chi connectivity index (χ2n) is 9.69. The van der Waals surface area contributed by atoms with E-state index in [1.807, 2.05) is 11.8 Å². The van der Waals surface area contributed by atoms with Crippen LogP contribution in [0.4, 0.5) is 22.4 Å². The molecule has 43 heavy (non-hydrogen) atoms. The van der Waals surface area contributed by atoms with Crippen LogP contribution in [0.25, 0.3) is 0 Å². The number of benzene rings is 1.